The highest BCUT2D eigenvalue weighted by Crippen LogP contribution is 2.28. The Balaban J connectivity index is 1.46. The lowest BCUT2D eigenvalue weighted by Crippen LogP contribution is -2.53. The molecule has 1 N–H and O–H groups in total. The van der Waals surface area contributed by atoms with E-state index in [4.69, 9.17) is 0 Å². The van der Waals surface area contributed by atoms with Crippen molar-refractivity contribution in [2.24, 2.45) is 0 Å². The molecule has 1 aromatic carbocycles. The van der Waals surface area contributed by atoms with Gasteiger partial charge in [-0.3, -0.25) is 9.69 Å². The van der Waals surface area contributed by atoms with Gasteiger partial charge in [-0.1, -0.05) is 13.8 Å². The normalized spacial score (nSPS) is 21.1. The summed E-state index contributed by atoms with van der Waals surface area (Å²) in [5.41, 5.74) is 1.96. The maximum atomic E-state index is 12.8. The monoisotopic (exact) mass is 446 g/mol. The smallest absolute Gasteiger partial charge is 0.321 e. The maximum Gasteiger partial charge on any atom is 0.321 e. The van der Waals surface area contributed by atoms with Crippen molar-refractivity contribution >= 4 is 29.4 Å². The number of hydrogen-bond donors (Lipinski definition) is 1. The molecule has 3 amide bonds. The quantitative estimate of drug-likeness (QED) is 0.657. The van der Waals surface area contributed by atoms with Crippen LogP contribution in [-0.4, -0.2) is 77.2 Å². The molecule has 0 aromatic heterocycles. The zero-order chi connectivity index (χ0) is 22.4. The van der Waals surface area contributed by atoms with Crippen LogP contribution in [0, 0.1) is 6.92 Å². The number of thioether (sulfide) groups is 1. The number of nitrogens with zero attached hydrogens (tertiary/aromatic N) is 3. The summed E-state index contributed by atoms with van der Waals surface area (Å²) in [7, 11) is 0. The Bertz CT molecular complexity index is 764. The van der Waals surface area contributed by atoms with Gasteiger partial charge in [0.05, 0.1) is 6.54 Å². The summed E-state index contributed by atoms with van der Waals surface area (Å²) in [4.78, 5) is 32.7. The van der Waals surface area contributed by atoms with Crippen LogP contribution in [0.4, 0.5) is 10.5 Å². The number of urea groups is 1. The van der Waals surface area contributed by atoms with Crippen molar-refractivity contribution < 1.29 is 9.59 Å². The third-order valence-electron chi connectivity index (χ3n) is 6.49. The number of piperidine rings is 1. The number of carbonyl (C=O) groups is 2. The summed E-state index contributed by atoms with van der Waals surface area (Å²) in [5.74, 6) is 0.232. The summed E-state index contributed by atoms with van der Waals surface area (Å²) in [6.45, 7) is 12.8. The van der Waals surface area contributed by atoms with Crippen molar-refractivity contribution in [3.63, 3.8) is 0 Å². The Hall–Kier alpha value is -1.73. The number of nitrogens with one attached hydrogen (secondary N) is 1. The highest BCUT2D eigenvalue weighted by atomic mass is 32.2. The van der Waals surface area contributed by atoms with Crippen LogP contribution in [0.5, 0.6) is 0 Å². The molecule has 1 aromatic rings. The Kier molecular flexibility index (Phi) is 8.67. The number of likely N-dealkylation sites (tertiary alicyclic amines) is 1. The Labute approximate surface area is 191 Å². The van der Waals surface area contributed by atoms with E-state index in [2.05, 4.69) is 43.1 Å². The van der Waals surface area contributed by atoms with Crippen molar-refractivity contribution in [3.8, 4) is 0 Å². The molecule has 0 aliphatic carbocycles. The SMILES string of the molecule is CCC(C)Sc1ccc(NC(=O)N2CCN(CC(=O)N3CCCCC3C)CC2)c(C)c1. The zero-order valence-electron chi connectivity index (χ0n) is 19.5. The molecule has 31 heavy (non-hydrogen) atoms. The molecule has 0 spiro atoms. The minimum Gasteiger partial charge on any atom is -0.339 e. The van der Waals surface area contributed by atoms with Gasteiger partial charge >= 0.3 is 6.03 Å². The van der Waals surface area contributed by atoms with Gasteiger partial charge in [-0.15, -0.1) is 11.8 Å². The van der Waals surface area contributed by atoms with Crippen LogP contribution < -0.4 is 5.32 Å². The molecule has 0 bridgehead atoms. The number of anilines is 1. The first-order chi connectivity index (χ1) is 14.9. The lowest BCUT2D eigenvalue weighted by Gasteiger charge is -2.38. The van der Waals surface area contributed by atoms with E-state index in [-0.39, 0.29) is 11.9 Å². The van der Waals surface area contributed by atoms with Crippen molar-refractivity contribution in [2.75, 3.05) is 44.6 Å². The van der Waals surface area contributed by atoms with Crippen molar-refractivity contribution in [1.29, 1.82) is 0 Å². The number of piperazine rings is 1. The van der Waals surface area contributed by atoms with E-state index in [0.717, 1.165) is 50.1 Å². The van der Waals surface area contributed by atoms with E-state index in [1.54, 1.807) is 0 Å². The summed E-state index contributed by atoms with van der Waals surface area (Å²) < 4.78 is 0. The Morgan fingerprint density at radius 2 is 1.90 bits per heavy atom. The van der Waals surface area contributed by atoms with Crippen LogP contribution in [0.25, 0.3) is 0 Å². The van der Waals surface area contributed by atoms with E-state index < -0.39 is 0 Å². The molecule has 7 heteroatoms. The fourth-order valence-corrected chi connectivity index (χ4v) is 5.24. The largest absolute Gasteiger partial charge is 0.339 e. The average molecular weight is 447 g/mol. The average Bonchev–Trinajstić information content (AvgIpc) is 2.76. The molecule has 2 atom stereocenters. The van der Waals surface area contributed by atoms with Crippen molar-refractivity contribution in [3.05, 3.63) is 23.8 Å². The van der Waals surface area contributed by atoms with Gasteiger partial charge in [0.25, 0.3) is 0 Å². The molecule has 6 nitrogen and oxygen atoms in total. The molecule has 172 valence electrons. The van der Waals surface area contributed by atoms with Crippen LogP contribution in [0.2, 0.25) is 0 Å². The topological polar surface area (TPSA) is 55.9 Å². The molecule has 2 unspecified atom stereocenters. The number of aryl methyl sites for hydroxylation is 1. The molecule has 0 saturated carbocycles. The summed E-state index contributed by atoms with van der Waals surface area (Å²) >= 11 is 1.87. The van der Waals surface area contributed by atoms with Crippen LogP contribution >= 0.6 is 11.8 Å². The zero-order valence-corrected chi connectivity index (χ0v) is 20.3. The minimum absolute atomic E-state index is 0.0546. The first kappa shape index (κ1) is 23.9. The van der Waals surface area contributed by atoms with E-state index in [0.29, 0.717) is 30.9 Å². The second kappa shape index (κ2) is 11.2. The molecule has 2 heterocycles. The second-order valence-corrected chi connectivity index (χ2v) is 10.5. The van der Waals surface area contributed by atoms with E-state index in [1.807, 2.05) is 34.6 Å². The number of benzene rings is 1. The molecule has 3 rings (SSSR count). The summed E-state index contributed by atoms with van der Waals surface area (Å²) in [5, 5.41) is 3.66. The fraction of sp³-hybridized carbons (Fsp3) is 0.667. The summed E-state index contributed by atoms with van der Waals surface area (Å²) in [6.07, 6.45) is 4.58. The van der Waals surface area contributed by atoms with Crippen LogP contribution in [0.3, 0.4) is 0 Å². The van der Waals surface area contributed by atoms with Gasteiger partial charge < -0.3 is 15.1 Å². The highest BCUT2D eigenvalue weighted by Gasteiger charge is 2.27. The molecular formula is C24H38N4O2S. The minimum atomic E-state index is -0.0546. The lowest BCUT2D eigenvalue weighted by molar-refractivity contribution is -0.136. The first-order valence-electron chi connectivity index (χ1n) is 11.7. The van der Waals surface area contributed by atoms with Crippen LogP contribution in [-0.2, 0) is 4.79 Å². The van der Waals surface area contributed by atoms with Gasteiger partial charge in [-0.25, -0.2) is 4.79 Å². The third kappa shape index (κ3) is 6.62. The Morgan fingerprint density at radius 3 is 2.55 bits per heavy atom. The molecule has 2 fully saturated rings. The van der Waals surface area contributed by atoms with Gasteiger partial charge in [0.2, 0.25) is 5.91 Å². The number of amides is 3. The van der Waals surface area contributed by atoms with Gasteiger partial charge in [0.1, 0.15) is 0 Å². The van der Waals surface area contributed by atoms with Crippen molar-refractivity contribution in [2.45, 2.75) is 69.6 Å². The molecule has 2 saturated heterocycles. The second-order valence-electron chi connectivity index (χ2n) is 8.94. The van der Waals surface area contributed by atoms with E-state index in [1.165, 1.54) is 11.3 Å². The van der Waals surface area contributed by atoms with E-state index in [9.17, 15) is 9.59 Å². The lowest BCUT2D eigenvalue weighted by atomic mass is 10.0. The molecule has 2 aliphatic heterocycles. The van der Waals surface area contributed by atoms with Crippen LogP contribution in [0.1, 0.15) is 52.0 Å². The van der Waals surface area contributed by atoms with Gasteiger partial charge in [-0.05, 0) is 63.3 Å². The molecule has 0 radical (unpaired) electrons. The standard InChI is InChI=1S/C24H38N4O2S/c1-5-20(4)31-21-9-10-22(18(2)16-21)25-24(30)27-14-12-26(13-15-27)17-23(29)28-11-7-6-8-19(28)3/h9-10,16,19-20H,5-8,11-15,17H2,1-4H3,(H,25,30). The number of rotatable bonds is 6. The maximum absolute atomic E-state index is 12.8. The summed E-state index contributed by atoms with van der Waals surface area (Å²) in [6, 6.07) is 6.54. The van der Waals surface area contributed by atoms with Gasteiger partial charge in [-0.2, -0.15) is 0 Å². The predicted molar refractivity (Wildman–Crippen MR) is 129 cm³/mol. The fourth-order valence-electron chi connectivity index (χ4n) is 4.22. The number of carbonyl (C=O) groups excluding carboxylic acids is 2. The van der Waals surface area contributed by atoms with Crippen LogP contribution in [0.15, 0.2) is 23.1 Å². The first-order valence-corrected chi connectivity index (χ1v) is 12.6. The number of hydrogen-bond acceptors (Lipinski definition) is 4. The van der Waals surface area contributed by atoms with Gasteiger partial charge in [0.15, 0.2) is 0 Å². The van der Waals surface area contributed by atoms with Crippen molar-refractivity contribution in [1.82, 2.24) is 14.7 Å². The molecule has 2 aliphatic rings. The third-order valence-corrected chi connectivity index (χ3v) is 7.76. The predicted octanol–water partition coefficient (Wildman–Crippen LogP) is 4.44. The molecular weight excluding hydrogens is 408 g/mol. The highest BCUT2D eigenvalue weighted by molar-refractivity contribution is 7.99. The van der Waals surface area contributed by atoms with E-state index >= 15 is 0 Å². The van der Waals surface area contributed by atoms with Gasteiger partial charge in [0, 0.05) is 54.6 Å². The Morgan fingerprint density at radius 1 is 1.16 bits per heavy atom.